The first-order chi connectivity index (χ1) is 16.3. The van der Waals surface area contributed by atoms with E-state index in [4.69, 9.17) is 0 Å². The number of hydrogen-bond donors (Lipinski definition) is 0. The van der Waals surface area contributed by atoms with E-state index in [-0.39, 0.29) is 16.5 Å². The molecule has 2 aromatic carbocycles. The lowest BCUT2D eigenvalue weighted by atomic mass is 10.1. The second kappa shape index (κ2) is 9.91. The van der Waals surface area contributed by atoms with Crippen LogP contribution in [0.15, 0.2) is 54.6 Å². The summed E-state index contributed by atoms with van der Waals surface area (Å²) in [6.45, 7) is 8.85. The molecule has 176 valence electrons. The average Bonchev–Trinajstić information content (AvgIpc) is 3.11. The fourth-order valence-corrected chi connectivity index (χ4v) is 4.29. The minimum absolute atomic E-state index is 0.0627. The second-order valence-corrected chi connectivity index (χ2v) is 8.62. The Hall–Kier alpha value is -3.94. The second-order valence-electron chi connectivity index (χ2n) is 8.62. The van der Waals surface area contributed by atoms with E-state index >= 15 is 0 Å². The molecular formula is C26H29N5O3. The Morgan fingerprint density at radius 1 is 1.03 bits per heavy atom. The molecule has 0 atom stereocenters. The smallest absolute Gasteiger partial charge is 0.292 e. The number of nitrogens with zero attached hydrogens (tertiary/aromatic N) is 5. The average molecular weight is 460 g/mol. The molecule has 3 aromatic rings. The first kappa shape index (κ1) is 23.2. The number of amides is 1. The lowest BCUT2D eigenvalue weighted by Crippen LogP contribution is -2.48. The van der Waals surface area contributed by atoms with Crippen LogP contribution in [0, 0.1) is 30.9 Å². The first-order valence-electron chi connectivity index (χ1n) is 11.4. The Kier molecular flexibility index (Phi) is 6.77. The van der Waals surface area contributed by atoms with Gasteiger partial charge < -0.3 is 9.80 Å². The maximum Gasteiger partial charge on any atom is 0.292 e. The van der Waals surface area contributed by atoms with Crippen molar-refractivity contribution in [1.29, 1.82) is 0 Å². The molecule has 0 N–H and O–H groups in total. The molecule has 1 amide bonds. The number of aryl methyl sites for hydroxylation is 2. The van der Waals surface area contributed by atoms with Gasteiger partial charge in [-0.1, -0.05) is 42.0 Å². The predicted octanol–water partition coefficient (Wildman–Crippen LogP) is 4.13. The monoisotopic (exact) mass is 459 g/mol. The third-order valence-electron chi connectivity index (χ3n) is 6.29. The van der Waals surface area contributed by atoms with Crippen molar-refractivity contribution in [3.63, 3.8) is 0 Å². The van der Waals surface area contributed by atoms with E-state index in [2.05, 4.69) is 36.3 Å². The maximum absolute atomic E-state index is 12.8. The lowest BCUT2D eigenvalue weighted by Gasteiger charge is -2.35. The SMILES string of the molecule is Cc1ccc(Cn2nc(C)c(/C=C/C(=O)N3CCN(c4ccccc4[N+](=O)[O-])CC3)c2C)cc1. The van der Waals surface area contributed by atoms with Gasteiger partial charge in [0.15, 0.2) is 0 Å². The number of benzene rings is 2. The third kappa shape index (κ3) is 5.01. The number of anilines is 1. The zero-order chi connectivity index (χ0) is 24.2. The molecule has 1 fully saturated rings. The minimum Gasteiger partial charge on any atom is -0.362 e. The Labute approximate surface area is 199 Å². The van der Waals surface area contributed by atoms with Crippen LogP contribution in [-0.4, -0.2) is 51.7 Å². The fraction of sp³-hybridized carbons (Fsp3) is 0.308. The highest BCUT2D eigenvalue weighted by Gasteiger charge is 2.24. The van der Waals surface area contributed by atoms with Gasteiger partial charge in [-0.25, -0.2) is 0 Å². The van der Waals surface area contributed by atoms with Crippen LogP contribution in [0.25, 0.3) is 6.08 Å². The van der Waals surface area contributed by atoms with E-state index in [0.717, 1.165) is 17.0 Å². The summed E-state index contributed by atoms with van der Waals surface area (Å²) in [4.78, 5) is 27.5. The number of piperazine rings is 1. The van der Waals surface area contributed by atoms with Gasteiger partial charge in [0.25, 0.3) is 5.69 Å². The van der Waals surface area contributed by atoms with E-state index in [1.807, 2.05) is 29.5 Å². The summed E-state index contributed by atoms with van der Waals surface area (Å²) in [7, 11) is 0. The molecule has 1 aliphatic heterocycles. The van der Waals surface area contributed by atoms with Crippen LogP contribution in [0.4, 0.5) is 11.4 Å². The number of rotatable bonds is 6. The molecule has 1 aliphatic rings. The number of para-hydroxylation sites is 2. The number of carbonyl (C=O) groups excluding carboxylic acids is 1. The molecule has 4 rings (SSSR count). The Bertz CT molecular complexity index is 1220. The van der Waals surface area contributed by atoms with Crippen LogP contribution in [0.5, 0.6) is 0 Å². The van der Waals surface area contributed by atoms with Crippen molar-refractivity contribution in [2.75, 3.05) is 31.1 Å². The molecule has 8 heteroatoms. The van der Waals surface area contributed by atoms with E-state index in [1.54, 1.807) is 29.2 Å². The molecular weight excluding hydrogens is 430 g/mol. The molecule has 2 heterocycles. The normalized spacial score (nSPS) is 14.1. The van der Waals surface area contributed by atoms with Gasteiger partial charge in [0, 0.05) is 49.6 Å². The standard InChI is InChI=1S/C26H29N5O3/c1-19-8-10-22(11-9-19)18-30-21(3)23(20(2)27-30)12-13-26(32)29-16-14-28(15-17-29)24-6-4-5-7-25(24)31(33)34/h4-13H,14-18H2,1-3H3/b13-12+. The van der Waals surface area contributed by atoms with Crippen LogP contribution in [0.2, 0.25) is 0 Å². The Morgan fingerprint density at radius 3 is 2.38 bits per heavy atom. The van der Waals surface area contributed by atoms with Gasteiger partial charge in [-0.2, -0.15) is 5.10 Å². The summed E-state index contributed by atoms with van der Waals surface area (Å²) in [5.41, 5.74) is 5.96. The quantitative estimate of drug-likeness (QED) is 0.314. The molecule has 0 radical (unpaired) electrons. The van der Waals surface area contributed by atoms with Crippen LogP contribution < -0.4 is 4.90 Å². The zero-order valence-electron chi connectivity index (χ0n) is 19.8. The number of hydrogen-bond acceptors (Lipinski definition) is 5. The topological polar surface area (TPSA) is 84.5 Å². The summed E-state index contributed by atoms with van der Waals surface area (Å²) in [5.74, 6) is -0.0627. The largest absolute Gasteiger partial charge is 0.362 e. The molecule has 1 saturated heterocycles. The summed E-state index contributed by atoms with van der Waals surface area (Å²) < 4.78 is 1.97. The Balaban J connectivity index is 1.40. The van der Waals surface area contributed by atoms with Gasteiger partial charge in [-0.3, -0.25) is 19.6 Å². The van der Waals surface area contributed by atoms with E-state index in [0.29, 0.717) is 38.4 Å². The van der Waals surface area contributed by atoms with Crippen molar-refractivity contribution in [2.24, 2.45) is 0 Å². The molecule has 0 spiro atoms. The minimum atomic E-state index is -0.362. The number of aromatic nitrogens is 2. The highest BCUT2D eigenvalue weighted by Crippen LogP contribution is 2.28. The van der Waals surface area contributed by atoms with E-state index in [1.165, 1.54) is 17.2 Å². The van der Waals surface area contributed by atoms with Crippen molar-refractivity contribution in [2.45, 2.75) is 27.3 Å². The zero-order valence-corrected chi connectivity index (χ0v) is 19.8. The highest BCUT2D eigenvalue weighted by atomic mass is 16.6. The lowest BCUT2D eigenvalue weighted by molar-refractivity contribution is -0.384. The van der Waals surface area contributed by atoms with E-state index in [9.17, 15) is 14.9 Å². The van der Waals surface area contributed by atoms with Crippen LogP contribution in [0.3, 0.4) is 0 Å². The molecule has 0 bridgehead atoms. The molecule has 8 nitrogen and oxygen atoms in total. The van der Waals surface area contributed by atoms with Crippen molar-refractivity contribution in [1.82, 2.24) is 14.7 Å². The predicted molar refractivity (Wildman–Crippen MR) is 133 cm³/mol. The van der Waals surface area contributed by atoms with Crippen molar-refractivity contribution in [3.05, 3.63) is 92.8 Å². The van der Waals surface area contributed by atoms with Gasteiger partial charge in [-0.15, -0.1) is 0 Å². The number of nitro groups is 1. The summed E-state index contributed by atoms with van der Waals surface area (Å²) in [5, 5.41) is 16.0. The van der Waals surface area contributed by atoms with Gasteiger partial charge in [0.05, 0.1) is 17.2 Å². The molecule has 0 saturated carbocycles. The van der Waals surface area contributed by atoms with Crippen molar-refractivity contribution >= 4 is 23.4 Å². The molecule has 0 aliphatic carbocycles. The summed E-state index contributed by atoms with van der Waals surface area (Å²) in [6, 6.07) is 15.1. The van der Waals surface area contributed by atoms with Gasteiger partial charge in [0.2, 0.25) is 5.91 Å². The number of carbonyl (C=O) groups is 1. The van der Waals surface area contributed by atoms with Crippen LogP contribution in [0.1, 0.15) is 28.1 Å². The van der Waals surface area contributed by atoms with Crippen molar-refractivity contribution < 1.29 is 9.72 Å². The van der Waals surface area contributed by atoms with Crippen molar-refractivity contribution in [3.8, 4) is 0 Å². The van der Waals surface area contributed by atoms with Gasteiger partial charge >= 0.3 is 0 Å². The first-order valence-corrected chi connectivity index (χ1v) is 11.4. The van der Waals surface area contributed by atoms with E-state index < -0.39 is 0 Å². The van der Waals surface area contributed by atoms with Crippen LogP contribution >= 0.6 is 0 Å². The molecule has 34 heavy (non-hydrogen) atoms. The molecule has 0 unspecified atom stereocenters. The number of nitro benzene ring substituents is 1. The highest BCUT2D eigenvalue weighted by molar-refractivity contribution is 5.92. The Morgan fingerprint density at radius 2 is 1.71 bits per heavy atom. The maximum atomic E-state index is 12.8. The van der Waals surface area contributed by atoms with Gasteiger partial charge in [0.1, 0.15) is 5.69 Å². The van der Waals surface area contributed by atoms with Crippen LogP contribution in [-0.2, 0) is 11.3 Å². The summed E-state index contributed by atoms with van der Waals surface area (Å²) in [6.07, 6.45) is 3.45. The fourth-order valence-electron chi connectivity index (χ4n) is 4.29. The molecule has 1 aromatic heterocycles. The summed E-state index contributed by atoms with van der Waals surface area (Å²) >= 11 is 0. The van der Waals surface area contributed by atoms with Gasteiger partial charge in [-0.05, 0) is 38.5 Å². The third-order valence-corrected chi connectivity index (χ3v) is 6.29.